The van der Waals surface area contributed by atoms with Crippen molar-refractivity contribution < 1.29 is 19.8 Å². The van der Waals surface area contributed by atoms with Crippen LogP contribution in [-0.2, 0) is 13.0 Å². The van der Waals surface area contributed by atoms with Gasteiger partial charge in [-0.25, -0.2) is 0 Å². The molecular formula is C38H31N3O4. The van der Waals surface area contributed by atoms with Crippen LogP contribution in [0.5, 0.6) is 5.75 Å². The fraction of sp³-hybridized carbons (Fsp3) is 0.105. The fourth-order valence-corrected chi connectivity index (χ4v) is 6.24. The number of carbonyl (C=O) groups is 2. The molecule has 5 aromatic carbocycles. The van der Waals surface area contributed by atoms with Gasteiger partial charge in [0.2, 0.25) is 0 Å². The highest BCUT2D eigenvalue weighted by molar-refractivity contribution is 6.17. The average Bonchev–Trinajstić information content (AvgIpc) is 3.48. The van der Waals surface area contributed by atoms with Gasteiger partial charge in [0.15, 0.2) is 0 Å². The summed E-state index contributed by atoms with van der Waals surface area (Å²) >= 11 is 0. The van der Waals surface area contributed by atoms with E-state index in [1.165, 1.54) is 0 Å². The molecule has 0 bridgehead atoms. The minimum Gasteiger partial charge on any atom is -0.508 e. The third-order valence-corrected chi connectivity index (χ3v) is 8.49. The maximum absolute atomic E-state index is 14.5. The highest BCUT2D eigenvalue weighted by Crippen LogP contribution is 2.34. The van der Waals surface area contributed by atoms with Crippen LogP contribution >= 0.6 is 0 Å². The number of aliphatic hydroxyl groups is 1. The van der Waals surface area contributed by atoms with Crippen LogP contribution in [0.15, 0.2) is 134 Å². The van der Waals surface area contributed by atoms with Gasteiger partial charge in [0.25, 0.3) is 11.8 Å². The molecule has 1 atom stereocenters. The van der Waals surface area contributed by atoms with Gasteiger partial charge in [-0.05, 0) is 72.1 Å². The van der Waals surface area contributed by atoms with E-state index in [1.807, 2.05) is 95.6 Å². The first-order valence-corrected chi connectivity index (χ1v) is 14.9. The Morgan fingerprint density at radius 1 is 0.711 bits per heavy atom. The smallest absolute Gasteiger partial charge is 0.265 e. The Hall–Kier alpha value is -5.66. The van der Waals surface area contributed by atoms with Gasteiger partial charge >= 0.3 is 0 Å². The van der Waals surface area contributed by atoms with E-state index in [0.29, 0.717) is 41.2 Å². The summed E-state index contributed by atoms with van der Waals surface area (Å²) < 4.78 is 1.90. The van der Waals surface area contributed by atoms with Crippen LogP contribution < -0.4 is 4.90 Å². The van der Waals surface area contributed by atoms with Crippen molar-refractivity contribution in [3.63, 3.8) is 0 Å². The van der Waals surface area contributed by atoms with E-state index in [-0.39, 0.29) is 30.2 Å². The molecular weight excluding hydrogens is 562 g/mol. The lowest BCUT2D eigenvalue weighted by Crippen LogP contribution is -2.46. The molecule has 0 saturated carbocycles. The van der Waals surface area contributed by atoms with Crippen LogP contribution in [0.25, 0.3) is 16.6 Å². The predicted octanol–water partition coefficient (Wildman–Crippen LogP) is 6.87. The van der Waals surface area contributed by atoms with Crippen LogP contribution in [0.1, 0.15) is 31.8 Å². The normalized spacial score (nSPS) is 14.2. The second-order valence-corrected chi connectivity index (χ2v) is 11.2. The SMILES string of the molecule is O=C(c1cn(-c2ccccc2C(=O)N2Cc3ccccc3C[C@H]2CO)c2ccccc12)N(c1ccccc1)c1ccc(O)cc1. The summed E-state index contributed by atoms with van der Waals surface area (Å²) in [4.78, 5) is 32.1. The third kappa shape index (κ3) is 5.13. The first kappa shape index (κ1) is 28.1. The zero-order chi connectivity index (χ0) is 30.9. The average molecular weight is 594 g/mol. The Morgan fingerprint density at radius 2 is 1.36 bits per heavy atom. The Morgan fingerprint density at radius 3 is 2.13 bits per heavy atom. The van der Waals surface area contributed by atoms with E-state index in [4.69, 9.17) is 0 Å². The molecule has 7 nitrogen and oxygen atoms in total. The van der Waals surface area contributed by atoms with E-state index >= 15 is 0 Å². The number of amides is 2. The topological polar surface area (TPSA) is 86.0 Å². The Balaban J connectivity index is 1.33. The summed E-state index contributed by atoms with van der Waals surface area (Å²) in [6.07, 6.45) is 2.38. The zero-order valence-electron chi connectivity index (χ0n) is 24.5. The standard InChI is InChI=1S/C38H31N3O4/c42-25-30-22-26-10-4-5-11-27(26)23-39(30)37(44)33-15-7-9-17-36(33)40-24-34(32-14-6-8-16-35(32)40)38(45)41(28-12-2-1-3-13-28)29-18-20-31(43)21-19-29/h1-21,24,30,42-43H,22-23,25H2/t30-/m0/s1. The van der Waals surface area contributed by atoms with Crippen molar-refractivity contribution in [3.05, 3.63) is 156 Å². The third-order valence-electron chi connectivity index (χ3n) is 8.49. The lowest BCUT2D eigenvalue weighted by Gasteiger charge is -2.36. The lowest BCUT2D eigenvalue weighted by molar-refractivity contribution is 0.0544. The van der Waals surface area contributed by atoms with Crippen molar-refractivity contribution in [2.24, 2.45) is 0 Å². The summed E-state index contributed by atoms with van der Waals surface area (Å²) in [5.74, 6) is -0.323. The first-order valence-electron chi connectivity index (χ1n) is 14.9. The molecule has 2 heterocycles. The van der Waals surface area contributed by atoms with Gasteiger partial charge in [-0.15, -0.1) is 0 Å². The molecule has 0 saturated heterocycles. The summed E-state index contributed by atoms with van der Waals surface area (Å²) in [5, 5.41) is 20.9. The van der Waals surface area contributed by atoms with Crippen molar-refractivity contribution in [1.29, 1.82) is 0 Å². The van der Waals surface area contributed by atoms with Crippen molar-refractivity contribution in [1.82, 2.24) is 9.47 Å². The van der Waals surface area contributed by atoms with Gasteiger partial charge in [-0.3, -0.25) is 14.5 Å². The molecule has 45 heavy (non-hydrogen) atoms. The van der Waals surface area contributed by atoms with Crippen LogP contribution in [0, 0.1) is 0 Å². The summed E-state index contributed by atoms with van der Waals surface area (Å²) in [6, 6.07) is 38.7. The number of phenolic OH excluding ortho intramolecular Hbond substituents is 1. The molecule has 7 heteroatoms. The fourth-order valence-electron chi connectivity index (χ4n) is 6.24. The number of carbonyl (C=O) groups excluding carboxylic acids is 2. The molecule has 2 amide bonds. The van der Waals surface area contributed by atoms with Crippen LogP contribution in [0.4, 0.5) is 11.4 Å². The van der Waals surface area contributed by atoms with Crippen LogP contribution in [-0.4, -0.2) is 44.1 Å². The zero-order valence-corrected chi connectivity index (χ0v) is 24.5. The Labute approximate surface area is 260 Å². The van der Waals surface area contributed by atoms with E-state index in [9.17, 15) is 19.8 Å². The summed E-state index contributed by atoms with van der Waals surface area (Å²) in [5.41, 5.74) is 5.87. The second-order valence-electron chi connectivity index (χ2n) is 11.2. The number of hydrogen-bond donors (Lipinski definition) is 2. The molecule has 0 unspecified atom stereocenters. The summed E-state index contributed by atoms with van der Waals surface area (Å²) in [6.45, 7) is 0.267. The van der Waals surface area contributed by atoms with Crippen molar-refractivity contribution in [3.8, 4) is 11.4 Å². The number of fused-ring (bicyclic) bond motifs is 2. The van der Waals surface area contributed by atoms with E-state index in [1.54, 1.807) is 46.3 Å². The minimum absolute atomic E-state index is 0.109. The number of para-hydroxylation sites is 3. The molecule has 1 aromatic heterocycles. The Bertz CT molecular complexity index is 2020. The van der Waals surface area contributed by atoms with Gasteiger partial charge in [0, 0.05) is 29.5 Å². The largest absolute Gasteiger partial charge is 0.508 e. The van der Waals surface area contributed by atoms with E-state index in [2.05, 4.69) is 6.07 Å². The number of anilines is 2. The molecule has 0 spiro atoms. The number of aromatic nitrogens is 1. The van der Waals surface area contributed by atoms with Crippen molar-refractivity contribution in [2.45, 2.75) is 19.0 Å². The van der Waals surface area contributed by atoms with Gasteiger partial charge in [0.05, 0.1) is 35.0 Å². The number of phenols is 1. The molecule has 2 N–H and O–H groups in total. The number of aromatic hydroxyl groups is 1. The van der Waals surface area contributed by atoms with Gasteiger partial charge in [0.1, 0.15) is 5.75 Å². The second kappa shape index (κ2) is 11.8. The van der Waals surface area contributed by atoms with E-state index < -0.39 is 0 Å². The van der Waals surface area contributed by atoms with Crippen LogP contribution in [0.3, 0.4) is 0 Å². The van der Waals surface area contributed by atoms with Gasteiger partial charge in [-0.2, -0.15) is 0 Å². The maximum atomic E-state index is 14.5. The maximum Gasteiger partial charge on any atom is 0.265 e. The summed E-state index contributed by atoms with van der Waals surface area (Å²) in [7, 11) is 0. The molecule has 0 fully saturated rings. The number of aliphatic hydroxyl groups excluding tert-OH is 1. The minimum atomic E-state index is -0.344. The van der Waals surface area contributed by atoms with Gasteiger partial charge in [-0.1, -0.05) is 72.8 Å². The quantitative estimate of drug-likeness (QED) is 0.221. The number of rotatable bonds is 6. The number of benzene rings is 5. The van der Waals surface area contributed by atoms with E-state index in [0.717, 1.165) is 22.0 Å². The van der Waals surface area contributed by atoms with Gasteiger partial charge < -0.3 is 19.7 Å². The van der Waals surface area contributed by atoms with Crippen LogP contribution in [0.2, 0.25) is 0 Å². The first-order chi connectivity index (χ1) is 22.0. The molecule has 7 rings (SSSR count). The molecule has 0 aliphatic carbocycles. The van der Waals surface area contributed by atoms with Crippen molar-refractivity contribution in [2.75, 3.05) is 11.5 Å². The molecule has 222 valence electrons. The monoisotopic (exact) mass is 593 g/mol. The molecule has 0 radical (unpaired) electrons. The number of hydrogen-bond acceptors (Lipinski definition) is 4. The number of nitrogens with zero attached hydrogens (tertiary/aromatic N) is 3. The predicted molar refractivity (Wildman–Crippen MR) is 175 cm³/mol. The highest BCUT2D eigenvalue weighted by Gasteiger charge is 2.32. The van der Waals surface area contributed by atoms with Crippen molar-refractivity contribution >= 4 is 34.1 Å². The Kier molecular flexibility index (Phi) is 7.37. The lowest BCUT2D eigenvalue weighted by atomic mass is 9.93. The molecule has 1 aliphatic heterocycles. The highest BCUT2D eigenvalue weighted by atomic mass is 16.3. The molecule has 1 aliphatic rings. The molecule has 6 aromatic rings.